The van der Waals surface area contributed by atoms with Crippen LogP contribution in [0.2, 0.25) is 0 Å². The summed E-state index contributed by atoms with van der Waals surface area (Å²) in [5.74, 6) is 0. The van der Waals surface area contributed by atoms with Gasteiger partial charge in [-0.15, -0.1) is 0 Å². The minimum absolute atomic E-state index is 0.838. The van der Waals surface area contributed by atoms with Crippen LogP contribution >= 0.6 is 24.1 Å². The van der Waals surface area contributed by atoms with Crippen molar-refractivity contribution in [2.45, 2.75) is 0 Å². The summed E-state index contributed by atoms with van der Waals surface area (Å²) in [6.45, 7) is 0. The fraction of sp³-hybridized carbons (Fsp3) is 0. The highest BCUT2D eigenvalue weighted by molar-refractivity contribution is 7.79. The molecule has 0 saturated carbocycles. The van der Waals surface area contributed by atoms with Gasteiger partial charge in [0.2, 0.25) is 0 Å². The lowest BCUT2D eigenvalue weighted by atomic mass is 10.4. The third kappa shape index (κ3) is 5.97. The van der Waals surface area contributed by atoms with E-state index < -0.39 is 24.1 Å². The van der Waals surface area contributed by atoms with Crippen LogP contribution in [0.1, 0.15) is 0 Å². The zero-order valence-corrected chi connectivity index (χ0v) is 19.2. The Labute approximate surface area is 184 Å². The third-order valence-electron chi connectivity index (χ3n) is 4.33. The Balaban J connectivity index is 1.66. The highest BCUT2D eigenvalue weighted by Gasteiger charge is 2.34. The molecule has 1 N–H and O–H groups in total. The van der Waals surface area contributed by atoms with Crippen molar-refractivity contribution in [3.8, 4) is 0 Å². The zero-order valence-electron chi connectivity index (χ0n) is 16.6. The van der Waals surface area contributed by atoms with Gasteiger partial charge >= 0.3 is 7.82 Å². The van der Waals surface area contributed by atoms with Crippen LogP contribution in [0, 0.1) is 0 Å². The maximum Gasteiger partial charge on any atom is 0.479 e. The van der Waals surface area contributed by atoms with Gasteiger partial charge in [-0.3, -0.25) is 8.62 Å². The summed E-state index contributed by atoms with van der Waals surface area (Å²) < 4.78 is 25.0. The number of hydrogen-bond donors (Lipinski definition) is 1. The standard InChI is InChI=1S/C24H21O4P3/c25-31(26,27-29(21-13-5-1-6-14-21)22-15-7-2-8-16-22)28-30(23-17-9-3-10-18-23)24-19-11-4-12-20-24/h1-20H,(H,25,26). The molecule has 0 fully saturated rings. The molecule has 31 heavy (non-hydrogen) atoms. The van der Waals surface area contributed by atoms with Gasteiger partial charge in [0.25, 0.3) is 0 Å². The van der Waals surface area contributed by atoms with Crippen LogP contribution in [-0.2, 0) is 13.2 Å². The average Bonchev–Trinajstić information content (AvgIpc) is 2.83. The molecule has 0 aliphatic carbocycles. The van der Waals surface area contributed by atoms with E-state index >= 15 is 0 Å². The van der Waals surface area contributed by atoms with Gasteiger partial charge in [-0.05, 0) is 0 Å². The molecule has 0 atom stereocenters. The predicted octanol–water partition coefficient (Wildman–Crippen LogP) is 5.22. The van der Waals surface area contributed by atoms with E-state index in [9.17, 15) is 9.46 Å². The predicted molar refractivity (Wildman–Crippen MR) is 130 cm³/mol. The first-order chi connectivity index (χ1) is 15.1. The Kier molecular flexibility index (Phi) is 7.43. The SMILES string of the molecule is O=P(O)(OP(c1ccccc1)c1ccccc1)OP(c1ccccc1)c1ccccc1. The van der Waals surface area contributed by atoms with Crippen molar-refractivity contribution in [2.24, 2.45) is 0 Å². The second-order valence-electron chi connectivity index (χ2n) is 6.56. The van der Waals surface area contributed by atoms with Gasteiger partial charge in [-0.1, -0.05) is 121 Å². The fourth-order valence-corrected chi connectivity index (χ4v) is 8.88. The van der Waals surface area contributed by atoms with Crippen LogP contribution < -0.4 is 21.2 Å². The lowest BCUT2D eigenvalue weighted by Gasteiger charge is -2.25. The second-order valence-corrected chi connectivity index (χ2v) is 12.0. The molecule has 7 heteroatoms. The molecule has 4 rings (SSSR count). The summed E-state index contributed by atoms with van der Waals surface area (Å²) in [6.07, 6.45) is 0. The molecule has 0 unspecified atom stereocenters. The van der Waals surface area contributed by atoms with Crippen molar-refractivity contribution in [1.82, 2.24) is 0 Å². The molecule has 0 amide bonds. The Hall–Kier alpha value is -2.15. The largest absolute Gasteiger partial charge is 0.479 e. The van der Waals surface area contributed by atoms with Crippen LogP contribution in [0.15, 0.2) is 121 Å². The van der Waals surface area contributed by atoms with E-state index in [2.05, 4.69) is 0 Å². The molecule has 156 valence electrons. The normalized spacial score (nSPS) is 11.7. The van der Waals surface area contributed by atoms with Crippen LogP contribution in [0.4, 0.5) is 0 Å². The van der Waals surface area contributed by atoms with Gasteiger partial charge in [0.1, 0.15) is 16.3 Å². The van der Waals surface area contributed by atoms with E-state index in [4.69, 9.17) is 8.62 Å². The minimum Gasteiger partial charge on any atom is -0.302 e. The Bertz CT molecular complexity index is 959. The maximum absolute atomic E-state index is 13.3. The zero-order chi connectivity index (χ0) is 21.5. The highest BCUT2D eigenvalue weighted by atomic mass is 31.3. The van der Waals surface area contributed by atoms with Gasteiger partial charge in [0.15, 0.2) is 0 Å². The van der Waals surface area contributed by atoms with Crippen molar-refractivity contribution in [2.75, 3.05) is 0 Å². The van der Waals surface area contributed by atoms with Gasteiger partial charge in [-0.25, -0.2) is 4.57 Å². The molecule has 4 aromatic rings. The number of benzene rings is 4. The first-order valence-electron chi connectivity index (χ1n) is 9.65. The van der Waals surface area contributed by atoms with Crippen molar-refractivity contribution < 1.29 is 18.1 Å². The van der Waals surface area contributed by atoms with E-state index in [-0.39, 0.29) is 0 Å². The Morgan fingerprint density at radius 2 is 0.710 bits per heavy atom. The molecule has 0 spiro atoms. The number of hydrogen-bond acceptors (Lipinski definition) is 3. The lowest BCUT2D eigenvalue weighted by molar-refractivity contribution is 0.316. The number of rotatable bonds is 8. The first-order valence-corrected chi connectivity index (χ1v) is 13.7. The van der Waals surface area contributed by atoms with Crippen molar-refractivity contribution >= 4 is 45.3 Å². The summed E-state index contributed by atoms with van der Waals surface area (Å²) in [7, 11) is -7.48. The van der Waals surface area contributed by atoms with Crippen molar-refractivity contribution in [3.05, 3.63) is 121 Å². The van der Waals surface area contributed by atoms with Gasteiger partial charge < -0.3 is 4.89 Å². The summed E-state index contributed by atoms with van der Waals surface area (Å²) >= 11 is 0. The van der Waals surface area contributed by atoms with E-state index in [1.807, 2.05) is 121 Å². The molecule has 0 bridgehead atoms. The van der Waals surface area contributed by atoms with E-state index in [0.717, 1.165) is 21.2 Å². The quantitative estimate of drug-likeness (QED) is 0.362. The first kappa shape index (κ1) is 22.1. The Morgan fingerprint density at radius 3 is 0.935 bits per heavy atom. The molecule has 0 aliphatic heterocycles. The lowest BCUT2D eigenvalue weighted by Crippen LogP contribution is -2.15. The average molecular weight is 466 g/mol. The molecule has 0 aromatic heterocycles. The topological polar surface area (TPSA) is 55.8 Å². The van der Waals surface area contributed by atoms with Crippen LogP contribution in [0.5, 0.6) is 0 Å². The second kappa shape index (κ2) is 10.4. The molecule has 4 aromatic carbocycles. The smallest absolute Gasteiger partial charge is 0.302 e. The molecule has 0 aliphatic rings. The molecule has 0 radical (unpaired) electrons. The molecule has 0 saturated heterocycles. The van der Waals surface area contributed by atoms with E-state index in [1.54, 1.807) is 0 Å². The van der Waals surface area contributed by atoms with Crippen LogP contribution in [0.3, 0.4) is 0 Å². The van der Waals surface area contributed by atoms with Gasteiger partial charge in [-0.2, -0.15) is 0 Å². The molecule has 0 heterocycles. The minimum atomic E-state index is -4.41. The van der Waals surface area contributed by atoms with Crippen molar-refractivity contribution in [1.29, 1.82) is 0 Å². The summed E-state index contributed by atoms with van der Waals surface area (Å²) in [4.78, 5) is 10.8. The molecular weight excluding hydrogens is 445 g/mol. The van der Waals surface area contributed by atoms with Crippen molar-refractivity contribution in [3.63, 3.8) is 0 Å². The van der Waals surface area contributed by atoms with Gasteiger partial charge in [0, 0.05) is 21.2 Å². The fourth-order valence-electron chi connectivity index (χ4n) is 2.96. The van der Waals surface area contributed by atoms with Crippen LogP contribution in [0.25, 0.3) is 0 Å². The molecular formula is C24H21O4P3. The van der Waals surface area contributed by atoms with E-state index in [1.165, 1.54) is 0 Å². The summed E-state index contributed by atoms with van der Waals surface area (Å²) in [5, 5.41) is 3.35. The van der Waals surface area contributed by atoms with Gasteiger partial charge in [0.05, 0.1) is 0 Å². The molecule has 4 nitrogen and oxygen atoms in total. The maximum atomic E-state index is 13.3. The Morgan fingerprint density at radius 1 is 0.484 bits per heavy atom. The summed E-state index contributed by atoms with van der Waals surface area (Å²) in [5.41, 5.74) is 0. The monoisotopic (exact) mass is 466 g/mol. The van der Waals surface area contributed by atoms with Crippen LogP contribution in [-0.4, -0.2) is 4.89 Å². The highest BCUT2D eigenvalue weighted by Crippen LogP contribution is 2.62. The summed E-state index contributed by atoms with van der Waals surface area (Å²) in [6, 6.07) is 37.9. The van der Waals surface area contributed by atoms with E-state index in [0.29, 0.717) is 0 Å². The third-order valence-corrected chi connectivity index (χ3v) is 10.4. The number of phosphoric acid groups is 1.